The van der Waals surface area contributed by atoms with E-state index in [-0.39, 0.29) is 36.9 Å². The molecule has 0 aliphatic carbocycles. The van der Waals surface area contributed by atoms with Gasteiger partial charge in [0.1, 0.15) is 17.5 Å². The van der Waals surface area contributed by atoms with Crippen LogP contribution >= 0.6 is 0 Å². The summed E-state index contributed by atoms with van der Waals surface area (Å²) in [6, 6.07) is 8.78. The van der Waals surface area contributed by atoms with Gasteiger partial charge in [-0.2, -0.15) is 10.2 Å². The Morgan fingerprint density at radius 1 is 1.22 bits per heavy atom. The summed E-state index contributed by atoms with van der Waals surface area (Å²) in [7, 11) is 1.80. The lowest BCUT2D eigenvalue weighted by molar-refractivity contribution is -0.0658. The molecule has 2 N–H and O–H groups in total. The van der Waals surface area contributed by atoms with E-state index in [1.165, 1.54) is 18.5 Å². The molecule has 1 aliphatic rings. The van der Waals surface area contributed by atoms with Gasteiger partial charge in [-0.15, -0.1) is 0 Å². The topological polar surface area (TPSA) is 139 Å². The van der Waals surface area contributed by atoms with E-state index in [2.05, 4.69) is 20.2 Å². The maximum atomic E-state index is 15.6. The second-order valence-corrected chi connectivity index (χ2v) is 8.97. The first-order valence-electron chi connectivity index (χ1n) is 11.6. The molecule has 12 heteroatoms. The molecule has 2 atom stereocenters. The number of nitrogens with zero attached hydrogens (tertiary/aromatic N) is 7. The summed E-state index contributed by atoms with van der Waals surface area (Å²) >= 11 is 0. The molecule has 4 aromatic rings. The van der Waals surface area contributed by atoms with E-state index in [0.29, 0.717) is 17.1 Å². The van der Waals surface area contributed by atoms with Crippen molar-refractivity contribution in [3.63, 3.8) is 0 Å². The number of likely N-dealkylation sites (tertiary alicyclic amines) is 1. The third-order valence-electron chi connectivity index (χ3n) is 6.46. The quantitative estimate of drug-likeness (QED) is 0.419. The van der Waals surface area contributed by atoms with Crippen LogP contribution in [-0.2, 0) is 19.1 Å². The third kappa shape index (κ3) is 4.83. The number of benzene rings is 1. The zero-order valence-corrected chi connectivity index (χ0v) is 19.9. The number of hydrogen-bond donors (Lipinski definition) is 2. The predicted molar refractivity (Wildman–Crippen MR) is 130 cm³/mol. The SMILES string of the molecule is Cn1cc(-n2ccc(=O)c(Cc3cccc(-c4ncc([C@@]5(F)CCN(C(=O)O)C[C@@H]5O)cn4)c3)n2)cn1. The fraction of sp³-hybridized carbons (Fsp3) is 0.280. The number of aryl methyl sites for hydroxylation is 1. The first-order chi connectivity index (χ1) is 17.7. The molecule has 5 rings (SSSR count). The number of β-amino-alcohol motifs (C(OH)–C–C–N with tert-alkyl or cyclic N) is 1. The van der Waals surface area contributed by atoms with E-state index in [1.54, 1.807) is 41.1 Å². The smallest absolute Gasteiger partial charge is 0.407 e. The van der Waals surface area contributed by atoms with Crippen molar-refractivity contribution >= 4 is 6.09 Å². The summed E-state index contributed by atoms with van der Waals surface area (Å²) in [5, 5.41) is 28.0. The minimum Gasteiger partial charge on any atom is -0.465 e. The maximum Gasteiger partial charge on any atom is 0.407 e. The number of aliphatic hydroxyl groups excluding tert-OH is 1. The lowest BCUT2D eigenvalue weighted by Gasteiger charge is -2.39. The van der Waals surface area contributed by atoms with Crippen LogP contribution in [-0.4, -0.2) is 69.9 Å². The van der Waals surface area contributed by atoms with E-state index in [1.807, 2.05) is 18.2 Å². The van der Waals surface area contributed by atoms with Gasteiger partial charge in [-0.3, -0.25) is 9.48 Å². The Morgan fingerprint density at radius 3 is 2.68 bits per heavy atom. The first-order valence-corrected chi connectivity index (χ1v) is 11.6. The van der Waals surface area contributed by atoms with Crippen LogP contribution in [0.25, 0.3) is 17.1 Å². The largest absolute Gasteiger partial charge is 0.465 e. The molecule has 0 bridgehead atoms. The number of aliphatic hydroxyl groups is 1. The summed E-state index contributed by atoms with van der Waals surface area (Å²) in [6.07, 6.45) is 5.04. The summed E-state index contributed by atoms with van der Waals surface area (Å²) in [5.41, 5.74) is 0.343. The molecular weight excluding hydrogens is 481 g/mol. The highest BCUT2D eigenvalue weighted by Gasteiger charge is 2.46. The van der Waals surface area contributed by atoms with E-state index in [0.717, 1.165) is 16.2 Å². The van der Waals surface area contributed by atoms with E-state index < -0.39 is 17.9 Å². The van der Waals surface area contributed by atoms with Crippen molar-refractivity contribution in [3.05, 3.63) is 88.4 Å². The molecule has 0 spiro atoms. The summed E-state index contributed by atoms with van der Waals surface area (Å²) < 4.78 is 18.8. The van der Waals surface area contributed by atoms with Crippen molar-refractivity contribution in [2.24, 2.45) is 7.05 Å². The van der Waals surface area contributed by atoms with Gasteiger partial charge in [-0.1, -0.05) is 18.2 Å². The molecule has 4 heterocycles. The Bertz CT molecular complexity index is 1500. The summed E-state index contributed by atoms with van der Waals surface area (Å²) in [6.45, 7) is -0.367. The highest BCUT2D eigenvalue weighted by molar-refractivity contribution is 5.65. The number of rotatable bonds is 5. The van der Waals surface area contributed by atoms with Gasteiger partial charge in [0.05, 0.1) is 18.9 Å². The number of carbonyl (C=O) groups is 1. The molecule has 190 valence electrons. The van der Waals surface area contributed by atoms with Crippen molar-refractivity contribution in [2.75, 3.05) is 13.1 Å². The molecule has 0 radical (unpaired) electrons. The van der Waals surface area contributed by atoms with Gasteiger partial charge in [0.15, 0.2) is 11.5 Å². The van der Waals surface area contributed by atoms with Crippen LogP contribution in [0.5, 0.6) is 0 Å². The van der Waals surface area contributed by atoms with Crippen molar-refractivity contribution in [3.8, 4) is 17.1 Å². The maximum absolute atomic E-state index is 15.6. The molecule has 37 heavy (non-hydrogen) atoms. The van der Waals surface area contributed by atoms with Gasteiger partial charge in [-0.25, -0.2) is 23.8 Å². The fourth-order valence-corrected chi connectivity index (χ4v) is 4.36. The van der Waals surface area contributed by atoms with E-state index in [9.17, 15) is 14.7 Å². The van der Waals surface area contributed by atoms with Crippen LogP contribution in [0, 0.1) is 0 Å². The molecule has 3 aromatic heterocycles. The molecule has 0 saturated carbocycles. The van der Waals surface area contributed by atoms with Crippen molar-refractivity contribution in [2.45, 2.75) is 24.6 Å². The molecule has 1 saturated heterocycles. The van der Waals surface area contributed by atoms with E-state index >= 15 is 4.39 Å². The molecule has 11 nitrogen and oxygen atoms in total. The number of amides is 1. The number of alkyl halides is 1. The number of piperidine rings is 1. The fourth-order valence-electron chi connectivity index (χ4n) is 4.36. The molecule has 1 amide bonds. The van der Waals surface area contributed by atoms with Gasteiger partial charge in [0.2, 0.25) is 5.43 Å². The monoisotopic (exact) mass is 505 g/mol. The standard InChI is InChI=1S/C25H24FN7O4/c1-31-14-19(13-29-31)33-7-5-21(34)20(30-33)10-16-3-2-4-17(9-16)23-27-11-18(12-28-23)25(26)6-8-32(24(36)37)15-22(25)35/h2-5,7,9,11-14,22,35H,6,8,10,15H2,1H3,(H,36,37)/t22-,25-/m0/s1. The molecule has 1 aliphatic heterocycles. The second kappa shape index (κ2) is 9.54. The predicted octanol–water partition coefficient (Wildman–Crippen LogP) is 1.92. The van der Waals surface area contributed by atoms with Gasteiger partial charge < -0.3 is 15.1 Å². The van der Waals surface area contributed by atoms with Crippen molar-refractivity contribution < 1.29 is 19.4 Å². The first kappa shape index (κ1) is 24.3. The minimum atomic E-state index is -2.14. The van der Waals surface area contributed by atoms with Gasteiger partial charge >= 0.3 is 6.09 Å². The van der Waals surface area contributed by atoms with Crippen LogP contribution < -0.4 is 5.43 Å². The Hall–Kier alpha value is -4.45. The Balaban J connectivity index is 1.36. The molecule has 0 unspecified atom stereocenters. The summed E-state index contributed by atoms with van der Waals surface area (Å²) in [5.74, 6) is 0.348. The lowest BCUT2D eigenvalue weighted by atomic mass is 9.85. The van der Waals surface area contributed by atoms with Crippen LogP contribution in [0.3, 0.4) is 0 Å². The lowest BCUT2D eigenvalue weighted by Crippen LogP contribution is -2.52. The second-order valence-electron chi connectivity index (χ2n) is 8.97. The van der Waals surface area contributed by atoms with Crippen LogP contribution in [0.2, 0.25) is 0 Å². The Labute approximate surface area is 210 Å². The number of aromatic nitrogens is 6. The van der Waals surface area contributed by atoms with Gasteiger partial charge in [-0.05, 0) is 11.6 Å². The molecule has 1 fully saturated rings. The number of halogens is 1. The number of hydrogen-bond acceptors (Lipinski definition) is 7. The number of carboxylic acid groups (broad SMARTS) is 1. The molecular formula is C25H24FN7O4. The van der Waals surface area contributed by atoms with Crippen LogP contribution in [0.4, 0.5) is 9.18 Å². The normalized spacial score (nSPS) is 19.6. The summed E-state index contributed by atoms with van der Waals surface area (Å²) in [4.78, 5) is 33.2. The zero-order valence-electron chi connectivity index (χ0n) is 19.9. The van der Waals surface area contributed by atoms with Crippen LogP contribution in [0.15, 0.2) is 66.1 Å². The van der Waals surface area contributed by atoms with Gasteiger partial charge in [0, 0.05) is 62.2 Å². The average molecular weight is 506 g/mol. The highest BCUT2D eigenvalue weighted by Crippen LogP contribution is 2.37. The molecule has 1 aromatic carbocycles. The Kier molecular flexibility index (Phi) is 6.25. The van der Waals surface area contributed by atoms with Crippen molar-refractivity contribution in [1.82, 2.24) is 34.4 Å². The zero-order chi connectivity index (χ0) is 26.2. The minimum absolute atomic E-state index is 0.0390. The van der Waals surface area contributed by atoms with Crippen LogP contribution in [0.1, 0.15) is 23.2 Å². The Morgan fingerprint density at radius 2 is 2.00 bits per heavy atom. The third-order valence-corrected chi connectivity index (χ3v) is 6.46. The average Bonchev–Trinajstić information content (AvgIpc) is 3.33. The van der Waals surface area contributed by atoms with Crippen molar-refractivity contribution in [1.29, 1.82) is 0 Å². The van der Waals surface area contributed by atoms with Gasteiger partial charge in [0.25, 0.3) is 0 Å². The van der Waals surface area contributed by atoms with E-state index in [4.69, 9.17) is 5.11 Å². The highest BCUT2D eigenvalue weighted by atomic mass is 19.1.